The van der Waals surface area contributed by atoms with Gasteiger partial charge in [0.1, 0.15) is 30.1 Å². The van der Waals surface area contributed by atoms with Crippen LogP contribution in [0.15, 0.2) is 53.9 Å². The van der Waals surface area contributed by atoms with Gasteiger partial charge in [-0.3, -0.25) is 19.2 Å². The predicted octanol–water partition coefficient (Wildman–Crippen LogP) is 6.05. The third-order valence-corrected chi connectivity index (χ3v) is 15.1. The van der Waals surface area contributed by atoms with E-state index in [9.17, 15) is 34.2 Å². The van der Waals surface area contributed by atoms with Crippen molar-refractivity contribution in [3.05, 3.63) is 53.9 Å². The van der Waals surface area contributed by atoms with Crippen molar-refractivity contribution in [3.63, 3.8) is 0 Å². The Morgan fingerprint density at radius 2 is 1.64 bits per heavy atom. The molecule has 2 saturated heterocycles. The second kappa shape index (κ2) is 25.7. The summed E-state index contributed by atoms with van der Waals surface area (Å²) in [6.45, 7) is 12.8. The average molecular weight is 966 g/mol. The van der Waals surface area contributed by atoms with Crippen LogP contribution in [0.2, 0.25) is 0 Å². The summed E-state index contributed by atoms with van der Waals surface area (Å²) in [4.78, 5) is 73.9. The van der Waals surface area contributed by atoms with Gasteiger partial charge in [0.2, 0.25) is 5.79 Å². The summed E-state index contributed by atoms with van der Waals surface area (Å²) in [6, 6.07) is -1.24. The summed E-state index contributed by atoms with van der Waals surface area (Å²) in [6.07, 6.45) is 13.7. The molecule has 1 aliphatic carbocycles. The summed E-state index contributed by atoms with van der Waals surface area (Å²) < 4.78 is 29.9. The van der Waals surface area contributed by atoms with Crippen molar-refractivity contribution >= 4 is 29.2 Å². The van der Waals surface area contributed by atoms with Crippen LogP contribution in [0.4, 0.5) is 0 Å². The first-order chi connectivity index (χ1) is 32.8. The predicted molar refractivity (Wildman–Crippen MR) is 256 cm³/mol. The van der Waals surface area contributed by atoms with E-state index in [-0.39, 0.29) is 60.9 Å². The van der Waals surface area contributed by atoms with Crippen LogP contribution in [0.5, 0.6) is 0 Å². The van der Waals surface area contributed by atoms with E-state index in [1.165, 1.54) is 18.3 Å². The molecule has 3 fully saturated rings. The summed E-state index contributed by atoms with van der Waals surface area (Å²) in [5.41, 5.74) is 1.27. The number of amides is 1. The van der Waals surface area contributed by atoms with Gasteiger partial charge in [-0.15, -0.1) is 10.2 Å². The SMILES string of the molecule is CO[C@H]1C[C@@H]2CC[C@@H](C)[C@@](O)(O2)C(=O)C(=O)N2CCCC[C@H]2C(=O)O[C@H]([C@H](C)C[C@@H]2CC[C@@H](n3ncnn3)[C@H](OC)C2)CC(=O)[C@H](C)/C=C(\C)[C@@H](O)[C@@H](OC)C(=O)[C@H](C)C[C@H](C)/C=C/C=C/C=C/1C. The Morgan fingerprint density at radius 3 is 2.32 bits per heavy atom. The number of carbonyl (C=O) groups excluding carboxylic acids is 5. The van der Waals surface area contributed by atoms with Gasteiger partial charge in [0.25, 0.3) is 11.7 Å². The van der Waals surface area contributed by atoms with Crippen molar-refractivity contribution in [3.8, 4) is 0 Å². The first-order valence-electron chi connectivity index (χ1n) is 25.0. The molecule has 0 aromatic carbocycles. The number of piperidine rings is 1. The van der Waals surface area contributed by atoms with Gasteiger partial charge >= 0.3 is 5.97 Å². The number of hydrogen-bond acceptors (Lipinski definition) is 15. The number of aliphatic hydroxyl groups excluding tert-OH is 1. The standard InChI is InChI=1S/C52H79N5O12/c1-31-16-12-11-13-17-32(2)43(65-8)28-39-21-19-37(7)52(64,69-39)49(61)50(62)56-23-15-14-18-41(56)51(63)68-44(34(4)26-38-20-22-40(45(27-38)66-9)57-54-30-53-55-57)29-42(58)33(3)25-36(6)47(60)48(67-10)46(59)35(5)24-31/h11-13,16-17,25,30-31,33-35,37-41,43-45,47-48,60,64H,14-15,18-24,26-29H2,1-10H3/b13-11+,16-12+,32-17+,36-25+/t31-,33-,34-,35-,37-,38+,39+,40-,41+,43+,44+,45-,47-,48+,52-/m1/s1. The van der Waals surface area contributed by atoms with Crippen LogP contribution in [0.3, 0.4) is 0 Å². The molecule has 3 aliphatic heterocycles. The minimum atomic E-state index is -2.43. The second-order valence-electron chi connectivity index (χ2n) is 20.3. The highest BCUT2D eigenvalue weighted by Crippen LogP contribution is 2.39. The maximum atomic E-state index is 14.5. The topological polar surface area (TPSA) is 219 Å². The Labute approximate surface area is 408 Å². The summed E-state index contributed by atoms with van der Waals surface area (Å²) in [7, 11) is 4.61. The Balaban J connectivity index is 1.46. The molecule has 15 atom stereocenters. The van der Waals surface area contributed by atoms with Gasteiger partial charge in [0, 0.05) is 58.5 Å². The smallest absolute Gasteiger partial charge is 0.329 e. The molecule has 4 heterocycles. The van der Waals surface area contributed by atoms with Crippen LogP contribution in [0.1, 0.15) is 132 Å². The maximum absolute atomic E-state index is 14.5. The number of methoxy groups -OCH3 is 3. The van der Waals surface area contributed by atoms with E-state index in [0.29, 0.717) is 56.9 Å². The summed E-state index contributed by atoms with van der Waals surface area (Å²) in [5, 5.41) is 35.7. The van der Waals surface area contributed by atoms with Crippen molar-refractivity contribution in [2.24, 2.45) is 35.5 Å². The molecule has 1 aromatic rings. The monoisotopic (exact) mass is 966 g/mol. The van der Waals surface area contributed by atoms with Crippen molar-refractivity contribution in [2.45, 2.75) is 180 Å². The third kappa shape index (κ3) is 14.2. The van der Waals surface area contributed by atoms with Gasteiger partial charge in [-0.25, -0.2) is 4.79 Å². The molecule has 0 radical (unpaired) electrons. The fourth-order valence-corrected chi connectivity index (χ4v) is 10.7. The van der Waals surface area contributed by atoms with E-state index < -0.39 is 77.8 Å². The Kier molecular flexibility index (Phi) is 20.8. The number of esters is 1. The van der Waals surface area contributed by atoms with Crippen LogP contribution in [0.25, 0.3) is 0 Å². The molecule has 17 nitrogen and oxygen atoms in total. The lowest BCUT2D eigenvalue weighted by molar-refractivity contribution is -0.265. The fourth-order valence-electron chi connectivity index (χ4n) is 10.7. The van der Waals surface area contributed by atoms with E-state index >= 15 is 0 Å². The summed E-state index contributed by atoms with van der Waals surface area (Å²) in [5.74, 6) is -7.94. The van der Waals surface area contributed by atoms with Crippen LogP contribution in [-0.4, -0.2) is 141 Å². The number of fused-ring (bicyclic) bond motifs is 3. The zero-order valence-corrected chi connectivity index (χ0v) is 42.5. The van der Waals surface area contributed by atoms with Gasteiger partial charge in [-0.05, 0) is 112 Å². The van der Waals surface area contributed by atoms with E-state index in [2.05, 4.69) is 15.4 Å². The van der Waals surface area contributed by atoms with Crippen LogP contribution in [-0.2, 0) is 47.7 Å². The lowest BCUT2D eigenvalue weighted by atomic mass is 9.77. The molecule has 384 valence electrons. The van der Waals surface area contributed by atoms with Gasteiger partial charge in [0.15, 0.2) is 12.1 Å². The average Bonchev–Trinajstić information content (AvgIpc) is 3.88. The second-order valence-corrected chi connectivity index (χ2v) is 20.3. The molecule has 5 rings (SSSR count). The number of aliphatic hydroxyl groups is 2. The molecule has 1 aromatic heterocycles. The normalized spacial score (nSPS) is 38.8. The number of carbonyl (C=O) groups is 5. The number of ether oxygens (including phenoxy) is 5. The van der Waals surface area contributed by atoms with Crippen molar-refractivity contribution in [1.82, 2.24) is 25.1 Å². The molecular formula is C52H79N5O12. The highest BCUT2D eigenvalue weighted by Gasteiger charge is 2.53. The zero-order chi connectivity index (χ0) is 50.6. The quantitative estimate of drug-likeness (QED) is 0.181. The highest BCUT2D eigenvalue weighted by molar-refractivity contribution is 6.39. The largest absolute Gasteiger partial charge is 0.460 e. The molecule has 1 amide bonds. The van der Waals surface area contributed by atoms with Gasteiger partial charge in [0.05, 0.1) is 24.4 Å². The Bertz CT molecular complexity index is 2020. The zero-order valence-electron chi connectivity index (χ0n) is 42.5. The van der Waals surface area contributed by atoms with E-state index in [1.54, 1.807) is 45.9 Å². The first kappa shape index (κ1) is 55.7. The van der Waals surface area contributed by atoms with Crippen LogP contribution < -0.4 is 0 Å². The number of cyclic esters (lactones) is 1. The molecule has 69 heavy (non-hydrogen) atoms. The van der Waals surface area contributed by atoms with Crippen LogP contribution in [0, 0.1) is 35.5 Å². The number of tetrazole rings is 1. The first-order valence-corrected chi connectivity index (χ1v) is 25.0. The number of nitrogens with zero attached hydrogens (tertiary/aromatic N) is 5. The number of rotatable bonds is 7. The van der Waals surface area contributed by atoms with Gasteiger partial charge < -0.3 is 38.8 Å². The van der Waals surface area contributed by atoms with E-state index in [0.717, 1.165) is 18.4 Å². The molecule has 2 bridgehead atoms. The Hall–Kier alpha value is -4.26. The lowest BCUT2D eigenvalue weighted by Crippen LogP contribution is -2.61. The highest BCUT2D eigenvalue weighted by atomic mass is 16.6. The number of ketones is 3. The molecule has 0 unspecified atom stereocenters. The minimum Gasteiger partial charge on any atom is -0.460 e. The molecule has 17 heteroatoms. The molecule has 1 saturated carbocycles. The third-order valence-electron chi connectivity index (χ3n) is 15.1. The number of allylic oxidation sites excluding steroid dienone is 6. The lowest BCUT2D eigenvalue weighted by Gasteiger charge is -2.42. The van der Waals surface area contributed by atoms with Crippen molar-refractivity contribution in [1.29, 1.82) is 0 Å². The minimum absolute atomic E-state index is 0.0168. The van der Waals surface area contributed by atoms with Crippen LogP contribution >= 0.6 is 0 Å². The molecule has 0 spiro atoms. The Morgan fingerprint density at radius 1 is 0.884 bits per heavy atom. The number of aromatic nitrogens is 4. The fraction of sp³-hybridized carbons (Fsp3) is 0.731. The van der Waals surface area contributed by atoms with E-state index in [4.69, 9.17) is 23.7 Å². The molecule has 2 N–H and O–H groups in total. The number of Topliss-reactive ketones (excluding diaryl/α,β-unsaturated/α-hetero) is 3. The summed E-state index contributed by atoms with van der Waals surface area (Å²) >= 11 is 0. The molecule has 4 aliphatic rings. The maximum Gasteiger partial charge on any atom is 0.329 e. The van der Waals surface area contributed by atoms with Gasteiger partial charge in [-0.2, -0.15) is 4.80 Å². The van der Waals surface area contributed by atoms with Gasteiger partial charge in [-0.1, -0.05) is 71.1 Å². The van der Waals surface area contributed by atoms with E-state index in [1.807, 2.05) is 58.1 Å². The molecular weight excluding hydrogens is 887 g/mol. The number of hydrogen-bond donors (Lipinski definition) is 2. The van der Waals surface area contributed by atoms with Crippen molar-refractivity contribution in [2.75, 3.05) is 27.9 Å². The van der Waals surface area contributed by atoms with Crippen molar-refractivity contribution < 1.29 is 57.9 Å².